The van der Waals surface area contributed by atoms with Crippen molar-refractivity contribution in [2.45, 2.75) is 25.9 Å². The Bertz CT molecular complexity index is 711. The lowest BCUT2D eigenvalue weighted by Gasteiger charge is -2.11. The van der Waals surface area contributed by atoms with Gasteiger partial charge in [0.2, 0.25) is 5.91 Å². The van der Waals surface area contributed by atoms with Gasteiger partial charge in [0.15, 0.2) is 0 Å². The molecular formula is C14H12ClF3N4O2. The molecule has 2 N–H and O–H groups in total. The lowest BCUT2D eigenvalue weighted by atomic mass is 10.2. The third-order valence-corrected chi connectivity index (χ3v) is 2.91. The van der Waals surface area contributed by atoms with Crippen LogP contribution in [0.4, 0.5) is 18.9 Å². The Morgan fingerprint density at radius 2 is 2.00 bits per heavy atom. The largest absolute Gasteiger partial charge is 0.417 e. The molecule has 0 saturated heterocycles. The quantitative estimate of drug-likeness (QED) is 0.624. The van der Waals surface area contributed by atoms with Crippen molar-refractivity contribution in [3.05, 3.63) is 28.8 Å². The summed E-state index contributed by atoms with van der Waals surface area (Å²) in [5, 5.41) is 13.7. The molecule has 6 nitrogen and oxygen atoms in total. The minimum atomic E-state index is -4.64. The van der Waals surface area contributed by atoms with Crippen LogP contribution >= 0.6 is 11.6 Å². The summed E-state index contributed by atoms with van der Waals surface area (Å²) in [4.78, 5) is 22.8. The number of nitrogens with one attached hydrogen (secondary N) is 2. The number of halogens is 4. The normalized spacial score (nSPS) is 11.6. The summed E-state index contributed by atoms with van der Waals surface area (Å²) in [6.45, 7) is 1.44. The van der Waals surface area contributed by atoms with Crippen LogP contribution in [0.5, 0.6) is 0 Å². The Morgan fingerprint density at radius 3 is 2.58 bits per heavy atom. The van der Waals surface area contributed by atoms with Crippen molar-refractivity contribution in [2.75, 3.05) is 5.32 Å². The summed E-state index contributed by atoms with van der Waals surface area (Å²) in [5.74, 6) is -1.26. The average Bonchev–Trinajstić information content (AvgIpc) is 2.46. The van der Waals surface area contributed by atoms with Crippen molar-refractivity contribution in [1.29, 1.82) is 5.26 Å². The Hall–Kier alpha value is -2.60. The molecule has 1 aromatic rings. The number of nitrogens with zero attached hydrogens (tertiary/aromatic N) is 2. The van der Waals surface area contributed by atoms with E-state index in [0.717, 1.165) is 12.1 Å². The van der Waals surface area contributed by atoms with Crippen LogP contribution in [0.3, 0.4) is 0 Å². The smallest absolute Gasteiger partial charge is 0.326 e. The number of nitriles is 1. The maximum atomic E-state index is 12.7. The molecule has 0 aromatic heterocycles. The average molecular weight is 361 g/mol. The van der Waals surface area contributed by atoms with Crippen LogP contribution in [0.25, 0.3) is 0 Å². The van der Waals surface area contributed by atoms with Gasteiger partial charge in [-0.05, 0) is 25.1 Å². The van der Waals surface area contributed by atoms with E-state index in [4.69, 9.17) is 16.9 Å². The summed E-state index contributed by atoms with van der Waals surface area (Å²) < 4.78 is 38.2. The zero-order chi connectivity index (χ0) is 18.3. The molecule has 0 bridgehead atoms. The highest BCUT2D eigenvalue weighted by atomic mass is 35.5. The van der Waals surface area contributed by atoms with Gasteiger partial charge in [0.1, 0.15) is 6.42 Å². The molecule has 0 radical (unpaired) electrons. The fourth-order valence-corrected chi connectivity index (χ4v) is 1.79. The summed E-state index contributed by atoms with van der Waals surface area (Å²) >= 11 is 5.48. The first-order chi connectivity index (χ1) is 11.1. The first-order valence-electron chi connectivity index (χ1n) is 6.49. The van der Waals surface area contributed by atoms with E-state index in [1.807, 2.05) is 0 Å². The summed E-state index contributed by atoms with van der Waals surface area (Å²) in [6.07, 6.45) is -5.27. The van der Waals surface area contributed by atoms with E-state index in [1.54, 1.807) is 6.07 Å². The van der Waals surface area contributed by atoms with Crippen molar-refractivity contribution in [2.24, 2.45) is 5.10 Å². The summed E-state index contributed by atoms with van der Waals surface area (Å²) in [7, 11) is 0. The van der Waals surface area contributed by atoms with Gasteiger partial charge in [-0.15, -0.1) is 0 Å². The number of amides is 2. The van der Waals surface area contributed by atoms with Crippen molar-refractivity contribution in [1.82, 2.24) is 5.43 Å². The maximum Gasteiger partial charge on any atom is 0.417 e. The zero-order valence-corrected chi connectivity index (χ0v) is 13.1. The lowest BCUT2D eigenvalue weighted by molar-refractivity contribution is -0.137. The Morgan fingerprint density at radius 1 is 1.33 bits per heavy atom. The fraction of sp³-hybridized carbons (Fsp3) is 0.286. The number of hydrazone groups is 1. The number of hydrogen-bond donors (Lipinski definition) is 2. The predicted molar refractivity (Wildman–Crippen MR) is 81.2 cm³/mol. The van der Waals surface area contributed by atoms with Gasteiger partial charge < -0.3 is 5.32 Å². The SMILES string of the molecule is CC(CC(=O)Nc1ccc(Cl)c(C(F)(F)F)c1)=NNC(=O)CC#N. The molecule has 0 aliphatic carbocycles. The molecule has 1 aromatic carbocycles. The van der Waals surface area contributed by atoms with E-state index < -0.39 is 28.6 Å². The fourth-order valence-electron chi connectivity index (χ4n) is 1.57. The van der Waals surface area contributed by atoms with Crippen LogP contribution in [0.1, 0.15) is 25.3 Å². The van der Waals surface area contributed by atoms with Gasteiger partial charge in [-0.2, -0.15) is 23.5 Å². The van der Waals surface area contributed by atoms with Crippen LogP contribution in [0, 0.1) is 11.3 Å². The highest BCUT2D eigenvalue weighted by molar-refractivity contribution is 6.31. The third kappa shape index (κ3) is 6.26. The molecule has 24 heavy (non-hydrogen) atoms. The van der Waals surface area contributed by atoms with Crippen molar-refractivity contribution < 1.29 is 22.8 Å². The molecule has 0 saturated carbocycles. The molecule has 0 heterocycles. The van der Waals surface area contributed by atoms with Gasteiger partial charge >= 0.3 is 6.18 Å². The molecule has 1 rings (SSSR count). The first kappa shape index (κ1) is 19.4. The number of carbonyl (C=O) groups is 2. The van der Waals surface area contributed by atoms with E-state index in [-0.39, 0.29) is 24.2 Å². The van der Waals surface area contributed by atoms with Crippen LogP contribution in [-0.4, -0.2) is 17.5 Å². The second-order valence-electron chi connectivity index (χ2n) is 4.63. The van der Waals surface area contributed by atoms with E-state index in [9.17, 15) is 22.8 Å². The van der Waals surface area contributed by atoms with Crippen molar-refractivity contribution in [3.8, 4) is 6.07 Å². The van der Waals surface area contributed by atoms with Gasteiger partial charge in [-0.25, -0.2) is 5.43 Å². The van der Waals surface area contributed by atoms with E-state index >= 15 is 0 Å². The molecule has 10 heteroatoms. The maximum absolute atomic E-state index is 12.7. The molecule has 128 valence electrons. The lowest BCUT2D eigenvalue weighted by Crippen LogP contribution is -2.21. The number of anilines is 1. The monoisotopic (exact) mass is 360 g/mol. The number of rotatable bonds is 5. The molecule has 0 fully saturated rings. The van der Waals surface area contributed by atoms with E-state index in [1.165, 1.54) is 13.0 Å². The van der Waals surface area contributed by atoms with Crippen molar-refractivity contribution >= 4 is 34.8 Å². The predicted octanol–water partition coefficient (Wildman–Crippen LogP) is 3.09. The van der Waals surface area contributed by atoms with Gasteiger partial charge in [-0.3, -0.25) is 9.59 Å². The highest BCUT2D eigenvalue weighted by Gasteiger charge is 2.33. The van der Waals surface area contributed by atoms with Crippen LogP contribution in [0.2, 0.25) is 5.02 Å². The van der Waals surface area contributed by atoms with E-state index in [2.05, 4.69) is 15.8 Å². The standard InChI is InChI=1S/C14H12ClF3N4O2/c1-8(21-22-12(23)4-5-19)6-13(24)20-9-2-3-11(15)10(7-9)14(16,17)18/h2-3,7H,4,6H2,1H3,(H,20,24)(H,22,23). The minimum absolute atomic E-state index is 0.0713. The molecule has 2 amide bonds. The molecule has 0 spiro atoms. The minimum Gasteiger partial charge on any atom is -0.326 e. The zero-order valence-electron chi connectivity index (χ0n) is 12.4. The molecule has 0 aliphatic rings. The van der Waals surface area contributed by atoms with Gasteiger partial charge in [0.25, 0.3) is 5.91 Å². The van der Waals surface area contributed by atoms with E-state index in [0.29, 0.717) is 0 Å². The van der Waals surface area contributed by atoms with Gasteiger partial charge in [0, 0.05) is 11.4 Å². The van der Waals surface area contributed by atoms with Crippen LogP contribution in [0.15, 0.2) is 23.3 Å². The van der Waals surface area contributed by atoms with Crippen LogP contribution in [-0.2, 0) is 15.8 Å². The number of alkyl halides is 3. The Labute approximate surface area is 140 Å². The topological polar surface area (TPSA) is 94.3 Å². The first-order valence-corrected chi connectivity index (χ1v) is 6.87. The number of hydrogen-bond acceptors (Lipinski definition) is 4. The highest BCUT2D eigenvalue weighted by Crippen LogP contribution is 2.36. The molecule has 0 unspecified atom stereocenters. The second kappa shape index (κ2) is 8.31. The Kier molecular flexibility index (Phi) is 6.73. The Balaban J connectivity index is 2.70. The summed E-state index contributed by atoms with van der Waals surface area (Å²) in [6, 6.07) is 4.61. The third-order valence-electron chi connectivity index (χ3n) is 2.58. The second-order valence-corrected chi connectivity index (χ2v) is 5.04. The van der Waals surface area contributed by atoms with Crippen molar-refractivity contribution in [3.63, 3.8) is 0 Å². The van der Waals surface area contributed by atoms with Gasteiger partial charge in [0.05, 0.1) is 23.1 Å². The number of benzene rings is 1. The van der Waals surface area contributed by atoms with Gasteiger partial charge in [-0.1, -0.05) is 11.6 Å². The number of carbonyl (C=O) groups excluding carboxylic acids is 2. The molecule has 0 atom stereocenters. The van der Waals surface area contributed by atoms with Crippen LogP contribution < -0.4 is 10.7 Å². The molecule has 0 aliphatic heterocycles. The molecular weight excluding hydrogens is 349 g/mol. The summed E-state index contributed by atoms with van der Waals surface area (Å²) in [5.41, 5.74) is 1.15.